The van der Waals surface area contributed by atoms with Crippen LogP contribution in [0.4, 0.5) is 0 Å². The number of carbonyl (C=O) groups is 1. The summed E-state index contributed by atoms with van der Waals surface area (Å²) in [5.74, 6) is 0.699. The van der Waals surface area contributed by atoms with Gasteiger partial charge in [-0.2, -0.15) is 0 Å². The van der Waals surface area contributed by atoms with Gasteiger partial charge in [0.05, 0.1) is 5.57 Å². The topological polar surface area (TPSA) is 37.3 Å². The number of allylic oxidation sites excluding steroid dienone is 6. The van der Waals surface area contributed by atoms with Crippen LogP contribution >= 0.6 is 0 Å². The van der Waals surface area contributed by atoms with Crippen molar-refractivity contribution in [2.75, 3.05) is 0 Å². The van der Waals surface area contributed by atoms with Gasteiger partial charge >= 0.3 is 5.97 Å². The molecule has 1 N–H and O–H groups in total. The molecule has 0 aromatic heterocycles. The first-order chi connectivity index (χ1) is 13.8. The average molecular weight is 393 g/mol. The van der Waals surface area contributed by atoms with E-state index in [-0.39, 0.29) is 0 Å². The Kier molecular flexibility index (Phi) is 8.70. The highest BCUT2D eigenvalue weighted by Gasteiger charge is 2.16. The molecule has 29 heavy (non-hydrogen) atoms. The summed E-state index contributed by atoms with van der Waals surface area (Å²) in [7, 11) is 0. The van der Waals surface area contributed by atoms with E-state index in [1.54, 1.807) is 0 Å². The number of hydrogen-bond donors (Lipinski definition) is 1. The van der Waals surface area contributed by atoms with Gasteiger partial charge in [-0.05, 0) is 80.1 Å². The van der Waals surface area contributed by atoms with Crippen LogP contribution in [0.2, 0.25) is 0 Å². The molecule has 0 heterocycles. The van der Waals surface area contributed by atoms with Crippen LogP contribution in [0.15, 0.2) is 71.4 Å². The highest BCUT2D eigenvalue weighted by atomic mass is 16.4. The number of carboxylic acids is 1. The zero-order valence-electron chi connectivity index (χ0n) is 18.6. The quantitative estimate of drug-likeness (QED) is 0.567. The van der Waals surface area contributed by atoms with Crippen LogP contribution < -0.4 is 0 Å². The van der Waals surface area contributed by atoms with Crippen LogP contribution in [0.1, 0.15) is 65.9 Å². The Morgan fingerprint density at radius 1 is 0.931 bits per heavy atom. The molecule has 1 aromatic carbocycles. The summed E-state index contributed by atoms with van der Waals surface area (Å²) < 4.78 is 0. The Morgan fingerprint density at radius 3 is 2.28 bits per heavy atom. The van der Waals surface area contributed by atoms with E-state index in [0.717, 1.165) is 36.8 Å². The van der Waals surface area contributed by atoms with Crippen molar-refractivity contribution in [1.29, 1.82) is 0 Å². The lowest BCUT2D eigenvalue weighted by Gasteiger charge is -2.20. The predicted octanol–water partition coefficient (Wildman–Crippen LogP) is 7.46. The Morgan fingerprint density at radius 2 is 1.62 bits per heavy atom. The van der Waals surface area contributed by atoms with Gasteiger partial charge in [0.1, 0.15) is 0 Å². The van der Waals surface area contributed by atoms with Crippen LogP contribution in [0.25, 0.3) is 5.57 Å². The summed E-state index contributed by atoms with van der Waals surface area (Å²) in [5.41, 5.74) is 4.94. The van der Waals surface area contributed by atoms with Crippen molar-refractivity contribution in [3.63, 3.8) is 0 Å². The van der Waals surface area contributed by atoms with E-state index in [0.29, 0.717) is 23.3 Å². The van der Waals surface area contributed by atoms with E-state index in [1.165, 1.54) is 11.1 Å². The lowest BCUT2D eigenvalue weighted by molar-refractivity contribution is -0.132. The molecule has 2 rings (SSSR count). The van der Waals surface area contributed by atoms with Gasteiger partial charge in [0.2, 0.25) is 0 Å². The smallest absolute Gasteiger partial charge is 0.335 e. The summed E-state index contributed by atoms with van der Waals surface area (Å²) in [6, 6.07) is 10.6. The molecule has 0 fully saturated rings. The molecule has 0 bridgehead atoms. The molecular formula is C27H36O2. The van der Waals surface area contributed by atoms with Crippen molar-refractivity contribution in [2.45, 2.75) is 60.3 Å². The first-order valence-electron chi connectivity index (χ1n) is 10.8. The third-order valence-electron chi connectivity index (χ3n) is 6.21. The summed E-state index contributed by atoms with van der Waals surface area (Å²) >= 11 is 0. The first-order valence-corrected chi connectivity index (χ1v) is 10.8. The van der Waals surface area contributed by atoms with Gasteiger partial charge < -0.3 is 5.11 Å². The molecule has 0 aliphatic heterocycles. The molecule has 3 atom stereocenters. The Bertz CT molecular complexity index is 808. The number of rotatable bonds is 2. The fourth-order valence-corrected chi connectivity index (χ4v) is 3.86. The summed E-state index contributed by atoms with van der Waals surface area (Å²) in [6.07, 6.45) is 12.5. The predicted molar refractivity (Wildman–Crippen MR) is 124 cm³/mol. The number of benzene rings is 1. The van der Waals surface area contributed by atoms with Crippen molar-refractivity contribution >= 4 is 11.5 Å². The second-order valence-electron chi connectivity index (χ2n) is 8.63. The van der Waals surface area contributed by atoms with Gasteiger partial charge in [-0.1, -0.05) is 74.9 Å². The lowest BCUT2D eigenvalue weighted by Crippen LogP contribution is -2.08. The van der Waals surface area contributed by atoms with Gasteiger partial charge in [-0.25, -0.2) is 4.79 Å². The number of carboxylic acid groups (broad SMARTS) is 1. The van der Waals surface area contributed by atoms with Gasteiger partial charge in [0.15, 0.2) is 0 Å². The molecule has 1 aliphatic rings. The van der Waals surface area contributed by atoms with E-state index < -0.39 is 5.97 Å². The zero-order chi connectivity index (χ0) is 21.4. The van der Waals surface area contributed by atoms with Crippen molar-refractivity contribution in [3.8, 4) is 0 Å². The molecule has 0 spiro atoms. The Balaban J connectivity index is 2.43. The van der Waals surface area contributed by atoms with Gasteiger partial charge in [-0.15, -0.1) is 0 Å². The number of aliphatic carboxylic acids is 1. The van der Waals surface area contributed by atoms with Crippen LogP contribution in [0.3, 0.4) is 0 Å². The van der Waals surface area contributed by atoms with Gasteiger partial charge in [0.25, 0.3) is 0 Å². The normalized spacial score (nSPS) is 24.9. The van der Waals surface area contributed by atoms with Crippen molar-refractivity contribution in [1.82, 2.24) is 0 Å². The van der Waals surface area contributed by atoms with E-state index in [2.05, 4.69) is 69.3 Å². The summed E-state index contributed by atoms with van der Waals surface area (Å²) in [4.78, 5) is 11.8. The molecule has 1 aromatic rings. The van der Waals surface area contributed by atoms with Crippen LogP contribution in [-0.4, -0.2) is 11.1 Å². The minimum absolute atomic E-state index is 0.373. The van der Waals surface area contributed by atoms with E-state index in [9.17, 15) is 9.90 Å². The van der Waals surface area contributed by atoms with Crippen molar-refractivity contribution < 1.29 is 9.90 Å². The van der Waals surface area contributed by atoms with Crippen molar-refractivity contribution in [2.24, 2.45) is 17.8 Å². The molecule has 156 valence electrons. The lowest BCUT2D eigenvalue weighted by atomic mass is 9.85. The van der Waals surface area contributed by atoms with E-state index >= 15 is 0 Å². The maximum atomic E-state index is 11.8. The molecule has 0 saturated carbocycles. The number of hydrogen-bond acceptors (Lipinski definition) is 1. The monoisotopic (exact) mass is 392 g/mol. The second-order valence-corrected chi connectivity index (χ2v) is 8.63. The standard InChI is InChI=1S/C27H36O2/c1-19-14-15-23(5)25(24-12-7-6-8-13-24)17-16-21(3)20(2)10-9-11-22(4)26(18-19)27(28)29/h6-8,11-14,17-18,20-21,23H,9-10,15-16H2,1-5H3,(H,28,29). The van der Waals surface area contributed by atoms with Gasteiger partial charge in [0, 0.05) is 0 Å². The van der Waals surface area contributed by atoms with E-state index in [4.69, 9.17) is 0 Å². The Labute approximate surface area is 176 Å². The maximum Gasteiger partial charge on any atom is 0.335 e. The van der Waals surface area contributed by atoms with Gasteiger partial charge in [-0.3, -0.25) is 0 Å². The highest BCUT2D eigenvalue weighted by molar-refractivity contribution is 5.92. The fraction of sp³-hybridized carbons (Fsp3) is 0.444. The molecule has 2 nitrogen and oxygen atoms in total. The molecular weight excluding hydrogens is 356 g/mol. The van der Waals surface area contributed by atoms with Crippen LogP contribution in [-0.2, 0) is 4.79 Å². The van der Waals surface area contributed by atoms with Crippen molar-refractivity contribution in [3.05, 3.63) is 76.9 Å². The largest absolute Gasteiger partial charge is 0.478 e. The molecule has 0 amide bonds. The maximum absolute atomic E-state index is 11.8. The third kappa shape index (κ3) is 6.88. The molecule has 1 aliphatic carbocycles. The second kappa shape index (κ2) is 11.0. The summed E-state index contributed by atoms with van der Waals surface area (Å²) in [5, 5.41) is 9.67. The minimum Gasteiger partial charge on any atom is -0.478 e. The zero-order valence-corrected chi connectivity index (χ0v) is 18.6. The fourth-order valence-electron chi connectivity index (χ4n) is 3.86. The molecule has 0 saturated heterocycles. The molecule has 3 unspecified atom stereocenters. The molecule has 2 heteroatoms. The van der Waals surface area contributed by atoms with E-state index in [1.807, 2.05) is 19.9 Å². The average Bonchev–Trinajstić information content (AvgIpc) is 2.70. The van der Waals surface area contributed by atoms with Crippen LogP contribution in [0.5, 0.6) is 0 Å². The summed E-state index contributed by atoms with van der Waals surface area (Å²) in [6.45, 7) is 10.8. The first kappa shape index (κ1) is 22.9. The molecule has 0 radical (unpaired) electrons. The van der Waals surface area contributed by atoms with Crippen LogP contribution in [0, 0.1) is 17.8 Å². The highest BCUT2D eigenvalue weighted by Crippen LogP contribution is 2.30. The minimum atomic E-state index is -0.852. The Hall–Kier alpha value is -2.35. The SMILES string of the molecule is CC1=CCC(C)C(c2ccccc2)=CCC(C)C(C)CCC=C(C)C(C(=O)O)=C1. The third-order valence-corrected chi connectivity index (χ3v) is 6.21.